The van der Waals surface area contributed by atoms with Gasteiger partial charge in [-0.2, -0.15) is 0 Å². The number of carbonyl (C=O) groups is 1. The van der Waals surface area contributed by atoms with E-state index in [2.05, 4.69) is 16.3 Å². The van der Waals surface area contributed by atoms with Crippen LogP contribution in [0.2, 0.25) is 0 Å². The first-order valence-electron chi connectivity index (χ1n) is 7.28. The first kappa shape index (κ1) is 16.7. The number of hydrogen-bond acceptors (Lipinski definition) is 4. The predicted molar refractivity (Wildman–Crippen MR) is 91.9 cm³/mol. The second kappa shape index (κ2) is 7.54. The molecule has 0 aliphatic rings. The molecule has 0 saturated heterocycles. The lowest BCUT2D eigenvalue weighted by molar-refractivity contribution is -0.122. The van der Waals surface area contributed by atoms with Crippen molar-refractivity contribution in [1.29, 1.82) is 0 Å². The summed E-state index contributed by atoms with van der Waals surface area (Å²) in [6.45, 7) is 2.56. The SMILES string of the molecule is Cc1ccc(C(N)C(=O)NCC(c2cccs2)N(C)C)cc1. The Morgan fingerprint density at radius 2 is 1.95 bits per heavy atom. The van der Waals surface area contributed by atoms with Crippen molar-refractivity contribution in [2.45, 2.75) is 19.0 Å². The molecule has 1 heterocycles. The Labute approximate surface area is 135 Å². The number of rotatable bonds is 6. The second-order valence-corrected chi connectivity index (χ2v) is 6.61. The second-order valence-electron chi connectivity index (χ2n) is 5.63. The minimum atomic E-state index is -0.633. The van der Waals surface area contributed by atoms with Crippen molar-refractivity contribution in [3.05, 3.63) is 57.8 Å². The topological polar surface area (TPSA) is 58.4 Å². The summed E-state index contributed by atoms with van der Waals surface area (Å²) in [6, 6.07) is 11.4. The Morgan fingerprint density at radius 3 is 2.50 bits per heavy atom. The highest BCUT2D eigenvalue weighted by molar-refractivity contribution is 7.10. The highest BCUT2D eigenvalue weighted by atomic mass is 32.1. The molecule has 3 N–H and O–H groups in total. The van der Waals surface area contributed by atoms with Gasteiger partial charge in [0.2, 0.25) is 5.91 Å². The minimum absolute atomic E-state index is 0.146. The first-order chi connectivity index (χ1) is 10.5. The van der Waals surface area contributed by atoms with Crippen LogP contribution >= 0.6 is 11.3 Å². The van der Waals surface area contributed by atoms with Gasteiger partial charge in [-0.1, -0.05) is 35.9 Å². The molecule has 0 aliphatic heterocycles. The molecule has 2 atom stereocenters. The number of benzene rings is 1. The van der Waals surface area contributed by atoms with Crippen LogP contribution in [0.3, 0.4) is 0 Å². The first-order valence-corrected chi connectivity index (χ1v) is 8.16. The number of carbonyl (C=O) groups excluding carboxylic acids is 1. The zero-order valence-electron chi connectivity index (χ0n) is 13.2. The maximum atomic E-state index is 12.3. The predicted octanol–water partition coefficient (Wildman–Crippen LogP) is 2.48. The molecule has 0 saturated carbocycles. The van der Waals surface area contributed by atoms with Crippen molar-refractivity contribution < 1.29 is 4.79 Å². The Morgan fingerprint density at radius 1 is 1.27 bits per heavy atom. The molecule has 4 nitrogen and oxygen atoms in total. The summed E-state index contributed by atoms with van der Waals surface area (Å²) in [5, 5.41) is 5.01. The quantitative estimate of drug-likeness (QED) is 0.860. The van der Waals surface area contributed by atoms with Gasteiger partial charge in [-0.25, -0.2) is 0 Å². The molecule has 118 valence electrons. The van der Waals surface area contributed by atoms with E-state index < -0.39 is 6.04 Å². The van der Waals surface area contributed by atoms with E-state index in [1.54, 1.807) is 11.3 Å². The van der Waals surface area contributed by atoms with Crippen LogP contribution in [-0.2, 0) is 4.79 Å². The van der Waals surface area contributed by atoms with Gasteiger partial charge in [-0.3, -0.25) is 4.79 Å². The summed E-state index contributed by atoms with van der Waals surface area (Å²) in [6.07, 6.45) is 0. The van der Waals surface area contributed by atoms with Gasteiger partial charge in [0.05, 0.1) is 6.04 Å². The van der Waals surface area contributed by atoms with Gasteiger partial charge in [0.25, 0.3) is 0 Å². The highest BCUT2D eigenvalue weighted by Crippen LogP contribution is 2.22. The molecular weight excluding hydrogens is 294 g/mol. The fourth-order valence-electron chi connectivity index (χ4n) is 2.25. The average Bonchev–Trinajstić information content (AvgIpc) is 3.01. The van der Waals surface area contributed by atoms with Crippen molar-refractivity contribution in [2.75, 3.05) is 20.6 Å². The van der Waals surface area contributed by atoms with Crippen molar-refractivity contribution in [3.63, 3.8) is 0 Å². The molecule has 1 amide bonds. The maximum absolute atomic E-state index is 12.3. The molecule has 2 rings (SSSR count). The molecule has 2 aromatic rings. The number of nitrogens with two attached hydrogens (primary N) is 1. The van der Waals surface area contributed by atoms with Crippen molar-refractivity contribution in [3.8, 4) is 0 Å². The molecule has 1 aromatic carbocycles. The number of nitrogens with zero attached hydrogens (tertiary/aromatic N) is 1. The zero-order chi connectivity index (χ0) is 16.1. The average molecular weight is 317 g/mol. The summed E-state index contributed by atoms with van der Waals surface area (Å²) in [5.74, 6) is -0.146. The molecule has 0 radical (unpaired) electrons. The van der Waals surface area contributed by atoms with E-state index in [4.69, 9.17) is 5.73 Å². The smallest absolute Gasteiger partial charge is 0.241 e. The number of thiophene rings is 1. The largest absolute Gasteiger partial charge is 0.352 e. The van der Waals surface area contributed by atoms with Gasteiger partial charge in [-0.15, -0.1) is 11.3 Å². The third-order valence-corrected chi connectivity index (χ3v) is 4.66. The molecule has 0 spiro atoms. The van der Waals surface area contributed by atoms with Crippen molar-refractivity contribution >= 4 is 17.2 Å². The standard InChI is InChI=1S/C17H23N3OS/c1-12-6-8-13(9-7-12)16(18)17(21)19-11-14(20(2)3)15-5-4-10-22-15/h4-10,14,16H,11,18H2,1-3H3,(H,19,21). The van der Waals surface area contributed by atoms with Crippen LogP contribution in [0, 0.1) is 6.92 Å². The number of hydrogen-bond donors (Lipinski definition) is 2. The third-order valence-electron chi connectivity index (χ3n) is 3.68. The Balaban J connectivity index is 1.97. The summed E-state index contributed by atoms with van der Waals surface area (Å²) in [5.41, 5.74) is 8.03. The summed E-state index contributed by atoms with van der Waals surface area (Å²) in [7, 11) is 4.02. The van der Waals surface area contributed by atoms with Crippen LogP contribution in [0.15, 0.2) is 41.8 Å². The lowest BCUT2D eigenvalue weighted by Crippen LogP contribution is -2.39. The van der Waals surface area contributed by atoms with Gasteiger partial charge in [0.1, 0.15) is 6.04 Å². The van der Waals surface area contributed by atoms with E-state index in [0.717, 1.165) is 11.1 Å². The molecular formula is C17H23N3OS. The van der Waals surface area contributed by atoms with Crippen LogP contribution in [0.5, 0.6) is 0 Å². The highest BCUT2D eigenvalue weighted by Gasteiger charge is 2.20. The van der Waals surface area contributed by atoms with E-state index in [-0.39, 0.29) is 11.9 Å². The van der Waals surface area contributed by atoms with Gasteiger partial charge >= 0.3 is 0 Å². The summed E-state index contributed by atoms with van der Waals surface area (Å²) in [4.78, 5) is 15.6. The van der Waals surface area contributed by atoms with Gasteiger partial charge in [0, 0.05) is 11.4 Å². The van der Waals surface area contributed by atoms with E-state index in [0.29, 0.717) is 6.54 Å². The Hall–Kier alpha value is -1.69. The van der Waals surface area contributed by atoms with E-state index in [1.165, 1.54) is 4.88 Å². The minimum Gasteiger partial charge on any atom is -0.352 e. The van der Waals surface area contributed by atoms with E-state index in [9.17, 15) is 4.79 Å². The van der Waals surface area contributed by atoms with Gasteiger partial charge < -0.3 is 16.0 Å². The lowest BCUT2D eigenvalue weighted by Gasteiger charge is -2.24. The molecule has 0 bridgehead atoms. The maximum Gasteiger partial charge on any atom is 0.241 e. The van der Waals surface area contributed by atoms with Gasteiger partial charge in [-0.05, 0) is 38.0 Å². The van der Waals surface area contributed by atoms with Crippen molar-refractivity contribution in [1.82, 2.24) is 10.2 Å². The third kappa shape index (κ3) is 4.16. The zero-order valence-corrected chi connectivity index (χ0v) is 14.1. The monoisotopic (exact) mass is 317 g/mol. The molecule has 22 heavy (non-hydrogen) atoms. The fourth-order valence-corrected chi connectivity index (χ4v) is 3.17. The van der Waals surface area contributed by atoms with Gasteiger partial charge in [0.15, 0.2) is 0 Å². The van der Waals surface area contributed by atoms with Crippen LogP contribution in [0.1, 0.15) is 28.1 Å². The Kier molecular flexibility index (Phi) is 5.71. The van der Waals surface area contributed by atoms with Crippen molar-refractivity contribution in [2.24, 2.45) is 5.73 Å². The number of likely N-dealkylation sites (N-methyl/N-ethyl adjacent to an activating group) is 1. The number of amides is 1. The van der Waals surface area contributed by atoms with E-state index in [1.807, 2.05) is 56.7 Å². The molecule has 0 aliphatic carbocycles. The van der Waals surface area contributed by atoms with Crippen LogP contribution in [-0.4, -0.2) is 31.4 Å². The van der Waals surface area contributed by atoms with Crippen LogP contribution in [0.4, 0.5) is 0 Å². The van der Waals surface area contributed by atoms with E-state index >= 15 is 0 Å². The number of aryl methyl sites for hydroxylation is 1. The Bertz CT molecular complexity index is 593. The summed E-state index contributed by atoms with van der Waals surface area (Å²) < 4.78 is 0. The fraction of sp³-hybridized carbons (Fsp3) is 0.353. The molecule has 2 unspecified atom stereocenters. The lowest BCUT2D eigenvalue weighted by atomic mass is 10.1. The van der Waals surface area contributed by atoms with Crippen LogP contribution in [0.25, 0.3) is 0 Å². The number of nitrogens with one attached hydrogen (secondary N) is 1. The molecule has 5 heteroatoms. The summed E-state index contributed by atoms with van der Waals surface area (Å²) >= 11 is 1.69. The molecule has 0 fully saturated rings. The molecule has 1 aromatic heterocycles. The normalized spacial score (nSPS) is 13.9. The van der Waals surface area contributed by atoms with Crippen LogP contribution < -0.4 is 11.1 Å².